The summed E-state index contributed by atoms with van der Waals surface area (Å²) in [5.41, 5.74) is 2.98. The van der Waals surface area contributed by atoms with Gasteiger partial charge in [0.05, 0.1) is 5.69 Å². The molecule has 0 spiro atoms. The lowest BCUT2D eigenvalue weighted by Crippen LogP contribution is -2.40. The summed E-state index contributed by atoms with van der Waals surface area (Å²) in [6.45, 7) is 5.85. The molecule has 0 radical (unpaired) electrons. The highest BCUT2D eigenvalue weighted by atomic mass is 16.5. The molecule has 0 atom stereocenters. The first-order chi connectivity index (χ1) is 16.2. The Morgan fingerprint density at radius 3 is 2.35 bits per heavy atom. The quantitative estimate of drug-likeness (QED) is 0.469. The molecular weight excluding hydrogens is 436 g/mol. The van der Waals surface area contributed by atoms with Gasteiger partial charge >= 0.3 is 5.69 Å². The van der Waals surface area contributed by atoms with Crippen molar-refractivity contribution in [3.05, 3.63) is 85.9 Å². The minimum absolute atomic E-state index is 0.0498. The van der Waals surface area contributed by atoms with Crippen molar-refractivity contribution in [3.63, 3.8) is 0 Å². The first kappa shape index (κ1) is 22.8. The molecular formula is C24H24N6O4. The first-order valence-electron chi connectivity index (χ1n) is 10.7. The van der Waals surface area contributed by atoms with Crippen LogP contribution in [0.1, 0.15) is 29.0 Å². The van der Waals surface area contributed by atoms with Crippen molar-refractivity contribution in [2.45, 2.75) is 33.6 Å². The van der Waals surface area contributed by atoms with Crippen LogP contribution in [-0.2, 0) is 18.3 Å². The van der Waals surface area contributed by atoms with Gasteiger partial charge in [-0.2, -0.15) is 14.8 Å². The molecule has 2 heterocycles. The fourth-order valence-electron chi connectivity index (χ4n) is 3.51. The molecule has 0 fully saturated rings. The van der Waals surface area contributed by atoms with Crippen LogP contribution in [0.5, 0.6) is 0 Å². The van der Waals surface area contributed by atoms with Gasteiger partial charge in [0, 0.05) is 25.6 Å². The van der Waals surface area contributed by atoms with Gasteiger partial charge in [-0.1, -0.05) is 28.9 Å². The van der Waals surface area contributed by atoms with Crippen LogP contribution in [0.2, 0.25) is 0 Å². The fraction of sp³-hybridized carbons (Fsp3) is 0.250. The predicted molar refractivity (Wildman–Crippen MR) is 126 cm³/mol. The minimum Gasteiger partial charge on any atom is -0.339 e. The number of carbonyl (C=O) groups excluding carboxylic acids is 1. The number of nitrogens with one attached hydrogen (secondary N) is 1. The Morgan fingerprint density at radius 1 is 1.00 bits per heavy atom. The SMILES string of the molecule is Cc1ccc(-n2nc(-c3noc(CCC(=O)Nc4cc(C)cc(C)c4)n3)c(=O)n(C)c2=O)cc1. The normalized spacial score (nSPS) is 10.9. The van der Waals surface area contributed by atoms with Crippen LogP contribution in [-0.4, -0.2) is 30.4 Å². The fourth-order valence-corrected chi connectivity index (χ4v) is 3.51. The Bertz CT molecular complexity index is 1460. The molecule has 10 nitrogen and oxygen atoms in total. The van der Waals surface area contributed by atoms with Crippen LogP contribution in [0.15, 0.2) is 56.6 Å². The van der Waals surface area contributed by atoms with E-state index in [-0.39, 0.29) is 36.2 Å². The van der Waals surface area contributed by atoms with Gasteiger partial charge in [0.15, 0.2) is 5.69 Å². The number of rotatable bonds is 6. The van der Waals surface area contributed by atoms with Crippen molar-refractivity contribution < 1.29 is 9.32 Å². The maximum atomic E-state index is 12.7. The summed E-state index contributed by atoms with van der Waals surface area (Å²) in [4.78, 5) is 41.8. The molecule has 1 N–H and O–H groups in total. The van der Waals surface area contributed by atoms with Gasteiger partial charge in [0.2, 0.25) is 17.6 Å². The van der Waals surface area contributed by atoms with Gasteiger partial charge in [0.25, 0.3) is 5.56 Å². The lowest BCUT2D eigenvalue weighted by atomic mass is 10.1. The zero-order chi connectivity index (χ0) is 24.4. The number of benzene rings is 2. The third-order valence-electron chi connectivity index (χ3n) is 5.21. The van der Waals surface area contributed by atoms with Crippen LogP contribution in [0, 0.1) is 20.8 Å². The highest BCUT2D eigenvalue weighted by Gasteiger charge is 2.19. The molecule has 174 valence electrons. The number of hydrogen-bond donors (Lipinski definition) is 1. The number of anilines is 1. The molecule has 4 aromatic rings. The number of carbonyl (C=O) groups is 1. The molecule has 2 aromatic heterocycles. The Kier molecular flexibility index (Phi) is 6.22. The third kappa shape index (κ3) is 4.85. The molecule has 0 aliphatic carbocycles. The van der Waals surface area contributed by atoms with E-state index in [0.29, 0.717) is 5.69 Å². The summed E-state index contributed by atoms with van der Waals surface area (Å²) in [7, 11) is 1.36. The van der Waals surface area contributed by atoms with E-state index in [9.17, 15) is 14.4 Å². The summed E-state index contributed by atoms with van der Waals surface area (Å²) in [6.07, 6.45) is 0.296. The van der Waals surface area contributed by atoms with Crippen LogP contribution < -0.4 is 16.6 Å². The molecule has 34 heavy (non-hydrogen) atoms. The van der Waals surface area contributed by atoms with Crippen molar-refractivity contribution >= 4 is 11.6 Å². The highest BCUT2D eigenvalue weighted by molar-refractivity contribution is 5.90. The van der Waals surface area contributed by atoms with Gasteiger partial charge < -0.3 is 9.84 Å². The Labute approximate surface area is 194 Å². The average Bonchev–Trinajstić information content (AvgIpc) is 3.25. The molecule has 0 bridgehead atoms. The maximum Gasteiger partial charge on any atom is 0.351 e. The molecule has 4 rings (SSSR count). The topological polar surface area (TPSA) is 125 Å². The molecule has 2 aromatic carbocycles. The summed E-state index contributed by atoms with van der Waals surface area (Å²) in [5, 5.41) is 10.9. The van der Waals surface area contributed by atoms with Crippen LogP contribution in [0.3, 0.4) is 0 Å². The summed E-state index contributed by atoms with van der Waals surface area (Å²) in [5.74, 6) is -0.0691. The molecule has 1 amide bonds. The summed E-state index contributed by atoms with van der Waals surface area (Å²) < 4.78 is 7.28. The zero-order valence-electron chi connectivity index (χ0n) is 19.3. The van der Waals surface area contributed by atoms with Gasteiger partial charge in [0.1, 0.15) is 0 Å². The molecule has 0 saturated carbocycles. The van der Waals surface area contributed by atoms with Gasteiger partial charge in [-0.25, -0.2) is 4.79 Å². The molecule has 0 saturated heterocycles. The second-order valence-electron chi connectivity index (χ2n) is 8.18. The van der Waals surface area contributed by atoms with Crippen molar-refractivity contribution in [2.24, 2.45) is 7.05 Å². The van der Waals surface area contributed by atoms with E-state index in [4.69, 9.17) is 4.52 Å². The van der Waals surface area contributed by atoms with E-state index < -0.39 is 11.2 Å². The minimum atomic E-state index is -0.645. The van der Waals surface area contributed by atoms with Crippen LogP contribution in [0.4, 0.5) is 5.69 Å². The summed E-state index contributed by atoms with van der Waals surface area (Å²) in [6, 6.07) is 12.9. The van der Waals surface area contributed by atoms with Crippen molar-refractivity contribution in [1.82, 2.24) is 24.5 Å². The van der Waals surface area contributed by atoms with Crippen molar-refractivity contribution in [3.8, 4) is 17.2 Å². The lowest BCUT2D eigenvalue weighted by molar-refractivity contribution is -0.116. The van der Waals surface area contributed by atoms with E-state index in [1.54, 1.807) is 12.1 Å². The molecule has 0 unspecified atom stereocenters. The van der Waals surface area contributed by atoms with E-state index >= 15 is 0 Å². The number of aromatic nitrogens is 5. The molecule has 0 aliphatic heterocycles. The highest BCUT2D eigenvalue weighted by Crippen LogP contribution is 2.15. The van der Waals surface area contributed by atoms with Gasteiger partial charge in [-0.05, 0) is 56.2 Å². The Morgan fingerprint density at radius 2 is 1.68 bits per heavy atom. The lowest BCUT2D eigenvalue weighted by Gasteiger charge is -2.08. The van der Waals surface area contributed by atoms with E-state index in [1.165, 1.54) is 7.05 Å². The van der Waals surface area contributed by atoms with Gasteiger partial charge in [-0.3, -0.25) is 14.2 Å². The molecule has 10 heteroatoms. The van der Waals surface area contributed by atoms with Crippen molar-refractivity contribution in [1.29, 1.82) is 0 Å². The summed E-state index contributed by atoms with van der Waals surface area (Å²) >= 11 is 0. The maximum absolute atomic E-state index is 12.7. The number of aryl methyl sites for hydroxylation is 4. The van der Waals surface area contributed by atoms with Gasteiger partial charge in [-0.15, -0.1) is 0 Å². The molecule has 0 aliphatic rings. The number of amides is 1. The van der Waals surface area contributed by atoms with Crippen LogP contribution in [0.25, 0.3) is 17.2 Å². The van der Waals surface area contributed by atoms with Crippen molar-refractivity contribution in [2.75, 3.05) is 5.32 Å². The van der Waals surface area contributed by atoms with E-state index in [1.807, 2.05) is 51.1 Å². The smallest absolute Gasteiger partial charge is 0.339 e. The average molecular weight is 460 g/mol. The third-order valence-corrected chi connectivity index (χ3v) is 5.21. The second kappa shape index (κ2) is 9.26. The monoisotopic (exact) mass is 460 g/mol. The number of nitrogens with zero attached hydrogens (tertiary/aromatic N) is 5. The Balaban J connectivity index is 1.53. The standard InChI is InChI=1S/C24H24N6O4/c1-14-5-7-18(8-6-14)30-24(33)29(4)23(32)21(27-30)22-26-20(34-28-22)10-9-19(31)25-17-12-15(2)11-16(3)13-17/h5-8,11-13H,9-10H2,1-4H3,(H,25,31). The van der Waals surface area contributed by atoms with E-state index in [2.05, 4.69) is 20.6 Å². The number of hydrogen-bond acceptors (Lipinski definition) is 7. The predicted octanol–water partition coefficient (Wildman–Crippen LogP) is 2.48. The largest absolute Gasteiger partial charge is 0.351 e. The zero-order valence-corrected chi connectivity index (χ0v) is 19.3. The van der Waals surface area contributed by atoms with E-state index in [0.717, 1.165) is 31.6 Å². The first-order valence-corrected chi connectivity index (χ1v) is 10.7. The Hall–Kier alpha value is -4.34. The van der Waals surface area contributed by atoms with Crippen LogP contribution >= 0.6 is 0 Å². The second-order valence-corrected chi connectivity index (χ2v) is 8.18.